The minimum Gasteiger partial charge on any atom is -0.497 e. The van der Waals surface area contributed by atoms with E-state index in [4.69, 9.17) is 19.9 Å². The molecule has 0 radical (unpaired) electrons. The van der Waals surface area contributed by atoms with Gasteiger partial charge >= 0.3 is 0 Å². The Morgan fingerprint density at radius 1 is 1.15 bits per heavy atom. The number of benzene rings is 1. The Morgan fingerprint density at radius 3 is 2.67 bits per heavy atom. The van der Waals surface area contributed by atoms with Gasteiger partial charge in [-0.05, 0) is 12.1 Å². The third kappa shape index (κ3) is 4.89. The van der Waals surface area contributed by atoms with E-state index in [0.29, 0.717) is 34.5 Å². The quantitative estimate of drug-likeness (QED) is 0.634. The number of morpholine rings is 1. The van der Waals surface area contributed by atoms with Gasteiger partial charge in [0, 0.05) is 32.2 Å². The van der Waals surface area contributed by atoms with E-state index in [1.807, 2.05) is 18.2 Å². The maximum absolute atomic E-state index is 6.26. The second-order valence-electron chi connectivity index (χ2n) is 6.06. The molecular weight excluding hydrogens is 348 g/mol. The molecule has 1 saturated heterocycles. The number of rotatable bonds is 8. The lowest BCUT2D eigenvalue weighted by Crippen LogP contribution is -2.39. The molecule has 4 N–H and O–H groups in total. The summed E-state index contributed by atoms with van der Waals surface area (Å²) in [6.07, 6.45) is 1.47. The number of nitrogens with zero attached hydrogens (tertiary/aromatic N) is 3. The van der Waals surface area contributed by atoms with E-state index in [0.717, 1.165) is 39.4 Å². The van der Waals surface area contributed by atoms with Gasteiger partial charge in [0.2, 0.25) is 0 Å². The number of nitrogens with one attached hydrogen (secondary N) is 2. The van der Waals surface area contributed by atoms with Crippen LogP contribution >= 0.6 is 0 Å². The minimum atomic E-state index is 0.448. The summed E-state index contributed by atoms with van der Waals surface area (Å²) in [5.74, 6) is 2.47. The molecule has 1 aliphatic rings. The standard InChI is InChI=1S/C18H26N6O3/c1-25-13-3-4-15(26-2)14(11-13)23-18-16(19)17(21-12-22-18)20-5-6-24-7-9-27-10-8-24/h3-4,11-12H,5-10,19H2,1-2H3,(H2,20,21,22,23). The Bertz CT molecular complexity index is 752. The molecule has 0 spiro atoms. The van der Waals surface area contributed by atoms with Crippen LogP contribution < -0.4 is 25.8 Å². The Labute approximate surface area is 158 Å². The normalized spacial score (nSPS) is 14.6. The fourth-order valence-electron chi connectivity index (χ4n) is 2.83. The van der Waals surface area contributed by atoms with E-state index in [2.05, 4.69) is 25.5 Å². The molecule has 1 aliphatic heterocycles. The molecule has 2 heterocycles. The van der Waals surface area contributed by atoms with E-state index in [1.165, 1.54) is 6.33 Å². The summed E-state index contributed by atoms with van der Waals surface area (Å²) in [7, 11) is 3.22. The van der Waals surface area contributed by atoms with Crippen molar-refractivity contribution in [1.29, 1.82) is 0 Å². The molecule has 0 aliphatic carbocycles. The molecule has 1 aromatic carbocycles. The number of methoxy groups -OCH3 is 2. The van der Waals surface area contributed by atoms with Gasteiger partial charge in [0.05, 0.1) is 33.1 Å². The molecule has 0 amide bonds. The molecule has 0 bridgehead atoms. The number of aromatic nitrogens is 2. The first-order valence-corrected chi connectivity index (χ1v) is 8.84. The molecule has 2 aromatic rings. The van der Waals surface area contributed by atoms with E-state index < -0.39 is 0 Å². The highest BCUT2D eigenvalue weighted by molar-refractivity contribution is 5.79. The Morgan fingerprint density at radius 2 is 1.93 bits per heavy atom. The van der Waals surface area contributed by atoms with Crippen LogP contribution in [0.4, 0.5) is 23.0 Å². The molecule has 0 unspecified atom stereocenters. The first kappa shape index (κ1) is 19.0. The Hall–Kier alpha value is -2.78. The summed E-state index contributed by atoms with van der Waals surface area (Å²) < 4.78 is 16.0. The maximum Gasteiger partial charge on any atom is 0.159 e. The van der Waals surface area contributed by atoms with Gasteiger partial charge in [-0.25, -0.2) is 9.97 Å². The van der Waals surface area contributed by atoms with Crippen LogP contribution in [-0.2, 0) is 4.74 Å². The molecule has 1 fully saturated rings. The molecule has 0 saturated carbocycles. The van der Waals surface area contributed by atoms with Crippen molar-refractivity contribution in [2.24, 2.45) is 0 Å². The molecule has 3 rings (SSSR count). The van der Waals surface area contributed by atoms with Crippen LogP contribution in [0.1, 0.15) is 0 Å². The van der Waals surface area contributed by atoms with Gasteiger partial charge in [0.15, 0.2) is 11.6 Å². The molecule has 0 atom stereocenters. The average molecular weight is 374 g/mol. The van der Waals surface area contributed by atoms with Gasteiger partial charge in [0.1, 0.15) is 23.5 Å². The van der Waals surface area contributed by atoms with Gasteiger partial charge in [-0.3, -0.25) is 4.90 Å². The van der Waals surface area contributed by atoms with Crippen LogP contribution in [-0.4, -0.2) is 68.5 Å². The third-order valence-corrected chi connectivity index (χ3v) is 4.37. The lowest BCUT2D eigenvalue weighted by atomic mass is 10.2. The van der Waals surface area contributed by atoms with Crippen LogP contribution in [0.2, 0.25) is 0 Å². The van der Waals surface area contributed by atoms with Crippen LogP contribution in [0, 0.1) is 0 Å². The highest BCUT2D eigenvalue weighted by atomic mass is 16.5. The average Bonchev–Trinajstić information content (AvgIpc) is 2.71. The number of hydrogen-bond donors (Lipinski definition) is 3. The third-order valence-electron chi connectivity index (χ3n) is 4.37. The van der Waals surface area contributed by atoms with Crippen LogP contribution in [0.25, 0.3) is 0 Å². The second kappa shape index (κ2) is 9.24. The Balaban J connectivity index is 1.67. The zero-order valence-corrected chi connectivity index (χ0v) is 15.7. The number of ether oxygens (including phenoxy) is 3. The lowest BCUT2D eigenvalue weighted by Gasteiger charge is -2.26. The van der Waals surface area contributed by atoms with Gasteiger partial charge in [-0.1, -0.05) is 0 Å². The van der Waals surface area contributed by atoms with Crippen molar-refractivity contribution >= 4 is 23.0 Å². The van der Waals surface area contributed by atoms with Crippen molar-refractivity contribution in [3.05, 3.63) is 24.5 Å². The van der Waals surface area contributed by atoms with Crippen molar-refractivity contribution in [3.63, 3.8) is 0 Å². The van der Waals surface area contributed by atoms with E-state index in [9.17, 15) is 0 Å². The fraction of sp³-hybridized carbons (Fsp3) is 0.444. The topological polar surface area (TPSA) is 107 Å². The summed E-state index contributed by atoms with van der Waals surface area (Å²) >= 11 is 0. The van der Waals surface area contributed by atoms with E-state index in [-0.39, 0.29) is 0 Å². The molecule has 9 nitrogen and oxygen atoms in total. The van der Waals surface area contributed by atoms with Gasteiger partial charge in [-0.2, -0.15) is 0 Å². The smallest absolute Gasteiger partial charge is 0.159 e. The molecule has 27 heavy (non-hydrogen) atoms. The summed E-state index contributed by atoms with van der Waals surface area (Å²) in [5, 5.41) is 6.48. The number of nitrogens with two attached hydrogens (primary N) is 1. The van der Waals surface area contributed by atoms with Crippen LogP contribution in [0.3, 0.4) is 0 Å². The monoisotopic (exact) mass is 374 g/mol. The summed E-state index contributed by atoms with van der Waals surface area (Å²) in [5.41, 5.74) is 7.42. The fourth-order valence-corrected chi connectivity index (χ4v) is 2.83. The SMILES string of the molecule is COc1ccc(OC)c(Nc2ncnc(NCCN3CCOCC3)c2N)c1. The number of nitrogen functional groups attached to an aromatic ring is 1. The zero-order chi connectivity index (χ0) is 19.1. The van der Waals surface area contributed by atoms with Crippen molar-refractivity contribution < 1.29 is 14.2 Å². The Kier molecular flexibility index (Phi) is 6.50. The van der Waals surface area contributed by atoms with Gasteiger partial charge < -0.3 is 30.6 Å². The molecule has 1 aromatic heterocycles. The second-order valence-corrected chi connectivity index (χ2v) is 6.06. The summed E-state index contributed by atoms with van der Waals surface area (Å²) in [6.45, 7) is 5.10. The number of hydrogen-bond acceptors (Lipinski definition) is 9. The van der Waals surface area contributed by atoms with E-state index in [1.54, 1.807) is 14.2 Å². The van der Waals surface area contributed by atoms with Crippen molar-refractivity contribution in [1.82, 2.24) is 14.9 Å². The van der Waals surface area contributed by atoms with Gasteiger partial charge in [-0.15, -0.1) is 0 Å². The summed E-state index contributed by atoms with van der Waals surface area (Å²) in [6, 6.07) is 5.47. The zero-order valence-electron chi connectivity index (χ0n) is 15.7. The largest absolute Gasteiger partial charge is 0.497 e. The first-order chi connectivity index (χ1) is 13.2. The number of anilines is 4. The highest BCUT2D eigenvalue weighted by Crippen LogP contribution is 2.33. The van der Waals surface area contributed by atoms with Crippen molar-refractivity contribution in [2.75, 3.05) is 70.0 Å². The van der Waals surface area contributed by atoms with Crippen molar-refractivity contribution in [2.45, 2.75) is 0 Å². The van der Waals surface area contributed by atoms with Crippen LogP contribution in [0.5, 0.6) is 11.5 Å². The predicted octanol–water partition coefficient (Wildman–Crippen LogP) is 1.56. The predicted molar refractivity (Wildman–Crippen MR) is 105 cm³/mol. The summed E-state index contributed by atoms with van der Waals surface area (Å²) in [4.78, 5) is 10.8. The van der Waals surface area contributed by atoms with Gasteiger partial charge in [0.25, 0.3) is 0 Å². The molecular formula is C18H26N6O3. The molecule has 9 heteroatoms. The molecule has 146 valence electrons. The minimum absolute atomic E-state index is 0.448. The lowest BCUT2D eigenvalue weighted by molar-refractivity contribution is 0.0398. The maximum atomic E-state index is 6.26. The van der Waals surface area contributed by atoms with Crippen LogP contribution in [0.15, 0.2) is 24.5 Å². The first-order valence-electron chi connectivity index (χ1n) is 8.84. The highest BCUT2D eigenvalue weighted by Gasteiger charge is 2.13. The van der Waals surface area contributed by atoms with E-state index >= 15 is 0 Å². The van der Waals surface area contributed by atoms with Crippen molar-refractivity contribution in [3.8, 4) is 11.5 Å².